The lowest BCUT2D eigenvalue weighted by atomic mass is 10.0. The topological polar surface area (TPSA) is 52.8 Å². The second kappa shape index (κ2) is 8.66. The molecule has 1 amide bonds. The third-order valence-corrected chi connectivity index (χ3v) is 5.96. The zero-order chi connectivity index (χ0) is 21.1. The fraction of sp³-hybridized carbons (Fsp3) is 0.304. The molecule has 0 radical (unpaired) electrons. The molecule has 0 spiro atoms. The van der Waals surface area contributed by atoms with Gasteiger partial charge in [0, 0.05) is 23.1 Å². The molecule has 2 aromatic carbocycles. The largest absolute Gasteiger partial charge is 0.497 e. The van der Waals surface area contributed by atoms with E-state index in [-0.39, 0.29) is 5.91 Å². The number of ether oxygens (including phenoxy) is 2. The van der Waals surface area contributed by atoms with Crippen LogP contribution in [0.4, 0.5) is 0 Å². The van der Waals surface area contributed by atoms with Crippen molar-refractivity contribution in [2.45, 2.75) is 34.2 Å². The summed E-state index contributed by atoms with van der Waals surface area (Å²) in [5.74, 6) is 0.797. The minimum Gasteiger partial charge on any atom is -0.497 e. The quantitative estimate of drug-likeness (QED) is 0.600. The first kappa shape index (κ1) is 20.9. The van der Waals surface area contributed by atoms with E-state index >= 15 is 0 Å². The van der Waals surface area contributed by atoms with Crippen molar-refractivity contribution >= 4 is 17.2 Å². The number of carbonyl (C=O) groups is 1. The summed E-state index contributed by atoms with van der Waals surface area (Å²) in [5, 5.41) is 0. The van der Waals surface area contributed by atoms with E-state index in [0.29, 0.717) is 21.9 Å². The number of aryl methyl sites for hydroxylation is 3. The van der Waals surface area contributed by atoms with Gasteiger partial charge in [-0.3, -0.25) is 4.79 Å². The fourth-order valence-electron chi connectivity index (χ4n) is 3.23. The van der Waals surface area contributed by atoms with Crippen molar-refractivity contribution in [2.24, 2.45) is 4.99 Å². The molecule has 0 bridgehead atoms. The van der Waals surface area contributed by atoms with Crippen LogP contribution in [0.2, 0.25) is 0 Å². The summed E-state index contributed by atoms with van der Waals surface area (Å²) in [4.78, 5) is 19.1. The van der Waals surface area contributed by atoms with Crippen LogP contribution in [-0.4, -0.2) is 24.7 Å². The van der Waals surface area contributed by atoms with Gasteiger partial charge in [0.1, 0.15) is 11.5 Å². The van der Waals surface area contributed by atoms with Crippen LogP contribution < -0.4 is 14.3 Å². The van der Waals surface area contributed by atoms with Gasteiger partial charge in [-0.05, 0) is 62.6 Å². The summed E-state index contributed by atoms with van der Waals surface area (Å²) in [5.41, 5.74) is 5.18. The van der Waals surface area contributed by atoms with Crippen LogP contribution in [0.3, 0.4) is 0 Å². The Balaban J connectivity index is 2.11. The molecule has 0 saturated heterocycles. The van der Waals surface area contributed by atoms with Gasteiger partial charge in [-0.25, -0.2) is 0 Å². The molecule has 0 N–H and O–H groups in total. The molecule has 5 nitrogen and oxygen atoms in total. The van der Waals surface area contributed by atoms with E-state index in [0.717, 1.165) is 22.7 Å². The molecule has 29 heavy (non-hydrogen) atoms. The second-order valence-corrected chi connectivity index (χ2v) is 8.03. The standard InChI is InChI=1S/C23H26N2O3S/c1-7-25-21(17-9-8-14(2)15(3)10-17)16(4)29-23(25)24-22(26)18-11-19(27-5)13-20(12-18)28-6/h8-13H,7H2,1-6H3. The molecular weight excluding hydrogens is 384 g/mol. The lowest BCUT2D eigenvalue weighted by molar-refractivity contribution is 0.0997. The van der Waals surface area contributed by atoms with E-state index < -0.39 is 0 Å². The maximum atomic E-state index is 12.9. The molecule has 3 rings (SSSR count). The molecule has 0 aliphatic carbocycles. The first-order chi connectivity index (χ1) is 13.9. The monoisotopic (exact) mass is 410 g/mol. The lowest BCUT2D eigenvalue weighted by Gasteiger charge is -2.10. The minimum absolute atomic E-state index is 0.322. The van der Waals surface area contributed by atoms with Crippen molar-refractivity contribution in [1.82, 2.24) is 4.57 Å². The number of thiazole rings is 1. The Hall–Kier alpha value is -2.86. The Morgan fingerprint density at radius 2 is 1.66 bits per heavy atom. The van der Waals surface area contributed by atoms with Crippen LogP contribution >= 0.6 is 11.3 Å². The molecule has 0 aliphatic rings. The van der Waals surface area contributed by atoms with E-state index in [9.17, 15) is 4.79 Å². The summed E-state index contributed by atoms with van der Waals surface area (Å²) < 4.78 is 12.6. The molecule has 152 valence electrons. The highest BCUT2D eigenvalue weighted by Gasteiger charge is 2.15. The van der Waals surface area contributed by atoms with Crippen molar-refractivity contribution in [3.8, 4) is 22.8 Å². The number of hydrogen-bond acceptors (Lipinski definition) is 4. The van der Waals surface area contributed by atoms with Gasteiger partial charge in [-0.1, -0.05) is 12.1 Å². The highest BCUT2D eigenvalue weighted by molar-refractivity contribution is 7.09. The number of methoxy groups -OCH3 is 2. The van der Waals surface area contributed by atoms with Gasteiger partial charge in [0.05, 0.1) is 19.9 Å². The summed E-state index contributed by atoms with van der Waals surface area (Å²) >= 11 is 1.53. The number of aromatic nitrogens is 1. The van der Waals surface area contributed by atoms with E-state index in [1.165, 1.54) is 22.5 Å². The number of rotatable bonds is 5. The first-order valence-corrected chi connectivity index (χ1v) is 10.3. The third-order valence-electron chi connectivity index (χ3n) is 4.97. The number of nitrogens with zero attached hydrogens (tertiary/aromatic N) is 2. The summed E-state index contributed by atoms with van der Waals surface area (Å²) in [6.45, 7) is 9.07. The predicted molar refractivity (Wildman–Crippen MR) is 117 cm³/mol. The molecule has 0 fully saturated rings. The zero-order valence-corrected chi connectivity index (χ0v) is 18.5. The fourth-order valence-corrected chi connectivity index (χ4v) is 4.29. The van der Waals surface area contributed by atoms with E-state index in [2.05, 4.69) is 55.5 Å². The maximum absolute atomic E-state index is 12.9. The molecule has 6 heteroatoms. The normalized spacial score (nSPS) is 11.6. The molecule has 0 unspecified atom stereocenters. The van der Waals surface area contributed by atoms with Gasteiger partial charge in [-0.15, -0.1) is 11.3 Å². The smallest absolute Gasteiger partial charge is 0.279 e. The Kier molecular flexibility index (Phi) is 6.23. The second-order valence-electron chi connectivity index (χ2n) is 6.85. The van der Waals surface area contributed by atoms with Crippen molar-refractivity contribution in [3.05, 3.63) is 62.8 Å². The molecule has 1 heterocycles. The van der Waals surface area contributed by atoms with Crippen LogP contribution in [0.25, 0.3) is 11.3 Å². The SMILES string of the molecule is CCn1c(-c2ccc(C)c(C)c2)c(C)sc1=NC(=O)c1cc(OC)cc(OC)c1. The molecular formula is C23H26N2O3S. The minimum atomic E-state index is -0.322. The van der Waals surface area contributed by atoms with Crippen LogP contribution in [0, 0.1) is 20.8 Å². The van der Waals surface area contributed by atoms with Crippen molar-refractivity contribution < 1.29 is 14.3 Å². The van der Waals surface area contributed by atoms with Crippen molar-refractivity contribution in [2.75, 3.05) is 14.2 Å². The molecule has 0 atom stereocenters. The van der Waals surface area contributed by atoms with Gasteiger partial charge in [0.15, 0.2) is 4.80 Å². The molecule has 1 aromatic heterocycles. The Bertz CT molecular complexity index is 1100. The van der Waals surface area contributed by atoms with Gasteiger partial charge >= 0.3 is 0 Å². The predicted octanol–water partition coefficient (Wildman–Crippen LogP) is 4.92. The highest BCUT2D eigenvalue weighted by Crippen LogP contribution is 2.27. The Morgan fingerprint density at radius 3 is 2.21 bits per heavy atom. The van der Waals surface area contributed by atoms with Crippen LogP contribution in [0.15, 0.2) is 41.4 Å². The van der Waals surface area contributed by atoms with Crippen molar-refractivity contribution in [3.63, 3.8) is 0 Å². The summed E-state index contributed by atoms with van der Waals surface area (Å²) in [6, 6.07) is 11.5. The summed E-state index contributed by atoms with van der Waals surface area (Å²) in [6.07, 6.45) is 0. The number of amides is 1. The molecule has 0 aliphatic heterocycles. The van der Waals surface area contributed by atoms with Gasteiger partial charge in [0.25, 0.3) is 5.91 Å². The number of carbonyl (C=O) groups excluding carboxylic acids is 1. The van der Waals surface area contributed by atoms with Gasteiger partial charge in [-0.2, -0.15) is 4.99 Å². The average Bonchev–Trinajstić information content (AvgIpc) is 3.04. The Morgan fingerprint density at radius 1 is 1.00 bits per heavy atom. The zero-order valence-electron chi connectivity index (χ0n) is 17.7. The number of hydrogen-bond donors (Lipinski definition) is 0. The van der Waals surface area contributed by atoms with Gasteiger partial charge < -0.3 is 14.0 Å². The van der Waals surface area contributed by atoms with Gasteiger partial charge in [0.2, 0.25) is 0 Å². The molecule has 3 aromatic rings. The first-order valence-electron chi connectivity index (χ1n) is 9.47. The van der Waals surface area contributed by atoms with E-state index in [4.69, 9.17) is 9.47 Å². The molecule has 0 saturated carbocycles. The third kappa shape index (κ3) is 4.27. The lowest BCUT2D eigenvalue weighted by Crippen LogP contribution is -2.17. The summed E-state index contributed by atoms with van der Waals surface area (Å²) in [7, 11) is 3.12. The number of benzene rings is 2. The van der Waals surface area contributed by atoms with Crippen LogP contribution in [0.5, 0.6) is 11.5 Å². The average molecular weight is 411 g/mol. The Labute approximate surface area is 175 Å². The van der Waals surface area contributed by atoms with E-state index in [1.807, 2.05) is 0 Å². The van der Waals surface area contributed by atoms with E-state index in [1.54, 1.807) is 32.4 Å². The van der Waals surface area contributed by atoms with Crippen molar-refractivity contribution in [1.29, 1.82) is 0 Å². The highest BCUT2D eigenvalue weighted by atomic mass is 32.1. The maximum Gasteiger partial charge on any atom is 0.279 e. The van der Waals surface area contributed by atoms with Crippen LogP contribution in [0.1, 0.15) is 33.3 Å². The van der Waals surface area contributed by atoms with Crippen LogP contribution in [-0.2, 0) is 6.54 Å².